The van der Waals surface area contributed by atoms with Crippen molar-refractivity contribution < 1.29 is 0 Å². The van der Waals surface area contributed by atoms with Gasteiger partial charge in [-0.2, -0.15) is 0 Å². The van der Waals surface area contributed by atoms with E-state index in [0.29, 0.717) is 0 Å². The van der Waals surface area contributed by atoms with Crippen molar-refractivity contribution in [3.63, 3.8) is 0 Å². The Balaban J connectivity index is 1.43. The van der Waals surface area contributed by atoms with Crippen LogP contribution in [0.4, 0.5) is 0 Å². The summed E-state index contributed by atoms with van der Waals surface area (Å²) in [7, 11) is 0. The molecule has 0 unspecified atom stereocenters. The van der Waals surface area contributed by atoms with Gasteiger partial charge in [-0.25, -0.2) is 0 Å². The van der Waals surface area contributed by atoms with Gasteiger partial charge in [0.2, 0.25) is 0 Å². The van der Waals surface area contributed by atoms with E-state index in [0.717, 1.165) is 18.6 Å². The molecule has 0 amide bonds. The molecule has 1 aromatic carbocycles. The Morgan fingerprint density at radius 2 is 1.82 bits per heavy atom. The Hall–Kier alpha value is -0.860. The van der Waals surface area contributed by atoms with Gasteiger partial charge in [0.25, 0.3) is 0 Å². The fourth-order valence-electron chi connectivity index (χ4n) is 2.85. The first-order chi connectivity index (χ1) is 8.43. The molecule has 0 aromatic heterocycles. The molecule has 2 atom stereocenters. The first kappa shape index (κ1) is 11.2. The van der Waals surface area contributed by atoms with Gasteiger partial charge < -0.3 is 5.32 Å². The van der Waals surface area contributed by atoms with Gasteiger partial charge in [-0.1, -0.05) is 36.8 Å². The maximum atomic E-state index is 3.70. The normalized spacial score (nSPS) is 29.2. The third kappa shape index (κ3) is 2.88. The maximum Gasteiger partial charge on any atom is 0.0482 e. The van der Waals surface area contributed by atoms with Crippen molar-refractivity contribution in [3.05, 3.63) is 35.9 Å². The first-order valence-electron chi connectivity index (χ1n) is 6.94. The Morgan fingerprint density at radius 3 is 2.59 bits per heavy atom. The minimum absolute atomic E-state index is 0.722. The zero-order chi connectivity index (χ0) is 11.5. The fourth-order valence-corrected chi connectivity index (χ4v) is 2.85. The third-order valence-corrected chi connectivity index (χ3v) is 4.04. The van der Waals surface area contributed by atoms with Gasteiger partial charge in [0.15, 0.2) is 0 Å². The molecule has 2 nitrogen and oxygen atoms in total. The van der Waals surface area contributed by atoms with Crippen LogP contribution in [-0.2, 0) is 0 Å². The van der Waals surface area contributed by atoms with Crippen LogP contribution in [-0.4, -0.2) is 30.7 Å². The zero-order valence-electron chi connectivity index (χ0n) is 10.4. The topological polar surface area (TPSA) is 15.3 Å². The van der Waals surface area contributed by atoms with Gasteiger partial charge in [-0.15, -0.1) is 0 Å². The highest BCUT2D eigenvalue weighted by Gasteiger charge is 2.37. The molecule has 1 N–H and O–H groups in total. The number of piperidine rings is 1. The van der Waals surface area contributed by atoms with Gasteiger partial charge in [-0.3, -0.25) is 4.90 Å². The molecule has 1 aromatic rings. The van der Waals surface area contributed by atoms with Crippen molar-refractivity contribution in [2.24, 2.45) is 0 Å². The summed E-state index contributed by atoms with van der Waals surface area (Å²) in [6.07, 6.45) is 5.51. The molecule has 1 aliphatic heterocycles. The summed E-state index contributed by atoms with van der Waals surface area (Å²) >= 11 is 0. The lowest BCUT2D eigenvalue weighted by molar-refractivity contribution is 0.211. The zero-order valence-corrected chi connectivity index (χ0v) is 10.4. The fraction of sp³-hybridized carbons (Fsp3) is 0.600. The number of hydrogen-bond donors (Lipinski definition) is 1. The van der Waals surface area contributed by atoms with Crippen LogP contribution in [0.3, 0.4) is 0 Å². The SMILES string of the molecule is c1ccc([C@H]2C[C@@H]2NCN2CCCCC2)cc1. The number of nitrogens with zero attached hydrogens (tertiary/aromatic N) is 1. The second-order valence-corrected chi connectivity index (χ2v) is 5.40. The van der Waals surface area contributed by atoms with Crippen molar-refractivity contribution in [3.8, 4) is 0 Å². The molecule has 0 radical (unpaired) electrons. The van der Waals surface area contributed by atoms with Crippen molar-refractivity contribution in [1.82, 2.24) is 10.2 Å². The minimum atomic E-state index is 0.722. The minimum Gasteiger partial charge on any atom is -0.301 e. The van der Waals surface area contributed by atoms with Crippen LogP contribution in [0.2, 0.25) is 0 Å². The van der Waals surface area contributed by atoms with Gasteiger partial charge >= 0.3 is 0 Å². The third-order valence-electron chi connectivity index (χ3n) is 4.04. The Bertz CT molecular complexity index is 343. The predicted octanol–water partition coefficient (Wildman–Crippen LogP) is 2.58. The van der Waals surface area contributed by atoms with E-state index in [-0.39, 0.29) is 0 Å². The molecule has 17 heavy (non-hydrogen) atoms. The summed E-state index contributed by atoms with van der Waals surface area (Å²) in [4.78, 5) is 2.56. The van der Waals surface area contributed by atoms with Crippen molar-refractivity contribution in [2.45, 2.75) is 37.6 Å². The monoisotopic (exact) mass is 230 g/mol. The molecule has 2 fully saturated rings. The van der Waals surface area contributed by atoms with E-state index >= 15 is 0 Å². The molecule has 1 heterocycles. The highest BCUT2D eigenvalue weighted by Crippen LogP contribution is 2.40. The molecule has 1 saturated carbocycles. The van der Waals surface area contributed by atoms with E-state index in [1.807, 2.05) is 0 Å². The molecular formula is C15H22N2. The lowest BCUT2D eigenvalue weighted by atomic mass is 10.1. The summed E-state index contributed by atoms with van der Waals surface area (Å²) < 4.78 is 0. The summed E-state index contributed by atoms with van der Waals surface area (Å²) in [6, 6.07) is 11.6. The molecule has 3 rings (SSSR count). The summed E-state index contributed by atoms with van der Waals surface area (Å²) in [5.41, 5.74) is 1.50. The smallest absolute Gasteiger partial charge is 0.0482 e. The van der Waals surface area contributed by atoms with Crippen molar-refractivity contribution in [2.75, 3.05) is 19.8 Å². The van der Waals surface area contributed by atoms with Crippen LogP contribution in [0, 0.1) is 0 Å². The van der Waals surface area contributed by atoms with E-state index in [1.165, 1.54) is 44.3 Å². The van der Waals surface area contributed by atoms with E-state index in [9.17, 15) is 0 Å². The molecule has 1 aliphatic carbocycles. The van der Waals surface area contributed by atoms with Gasteiger partial charge in [0, 0.05) is 18.6 Å². The number of rotatable bonds is 4. The quantitative estimate of drug-likeness (QED) is 0.855. The van der Waals surface area contributed by atoms with Gasteiger partial charge in [0.1, 0.15) is 0 Å². The van der Waals surface area contributed by atoms with Crippen LogP contribution in [0.5, 0.6) is 0 Å². The first-order valence-corrected chi connectivity index (χ1v) is 6.94. The van der Waals surface area contributed by atoms with Crippen molar-refractivity contribution >= 4 is 0 Å². The maximum absolute atomic E-state index is 3.70. The van der Waals surface area contributed by atoms with E-state index < -0.39 is 0 Å². The van der Waals surface area contributed by atoms with E-state index in [4.69, 9.17) is 0 Å². The Labute approximate surface area is 104 Å². The van der Waals surface area contributed by atoms with Crippen LogP contribution < -0.4 is 5.32 Å². The number of benzene rings is 1. The highest BCUT2D eigenvalue weighted by molar-refractivity contribution is 5.27. The molecule has 2 aliphatic rings. The number of nitrogens with one attached hydrogen (secondary N) is 1. The average molecular weight is 230 g/mol. The molecule has 2 heteroatoms. The van der Waals surface area contributed by atoms with Crippen LogP contribution in [0.25, 0.3) is 0 Å². The van der Waals surface area contributed by atoms with E-state index in [1.54, 1.807) is 0 Å². The van der Waals surface area contributed by atoms with Crippen LogP contribution >= 0.6 is 0 Å². The van der Waals surface area contributed by atoms with Crippen LogP contribution in [0.15, 0.2) is 30.3 Å². The summed E-state index contributed by atoms with van der Waals surface area (Å²) in [5, 5.41) is 3.70. The van der Waals surface area contributed by atoms with Crippen LogP contribution in [0.1, 0.15) is 37.2 Å². The van der Waals surface area contributed by atoms with Gasteiger partial charge in [0.05, 0.1) is 0 Å². The molecule has 92 valence electrons. The second kappa shape index (κ2) is 5.19. The molecule has 0 spiro atoms. The highest BCUT2D eigenvalue weighted by atomic mass is 15.2. The lowest BCUT2D eigenvalue weighted by Crippen LogP contribution is -2.38. The molecule has 0 bridgehead atoms. The number of likely N-dealkylation sites (tertiary alicyclic amines) is 1. The summed E-state index contributed by atoms with van der Waals surface area (Å²) in [5.74, 6) is 0.765. The predicted molar refractivity (Wildman–Crippen MR) is 71.0 cm³/mol. The second-order valence-electron chi connectivity index (χ2n) is 5.40. The Morgan fingerprint density at radius 1 is 1.06 bits per heavy atom. The standard InChI is InChI=1S/C15H22N2/c1-3-7-13(8-4-1)14-11-15(14)16-12-17-9-5-2-6-10-17/h1,3-4,7-8,14-16H,2,5-6,9-12H2/t14-,15+/m1/s1. The summed E-state index contributed by atoms with van der Waals surface area (Å²) in [6.45, 7) is 3.67. The lowest BCUT2D eigenvalue weighted by Gasteiger charge is -2.26. The Kier molecular flexibility index (Phi) is 3.44. The average Bonchev–Trinajstić information content (AvgIpc) is 3.18. The van der Waals surface area contributed by atoms with Crippen molar-refractivity contribution in [1.29, 1.82) is 0 Å². The largest absolute Gasteiger partial charge is 0.301 e. The molecule has 1 saturated heterocycles. The molecular weight excluding hydrogens is 208 g/mol. The van der Waals surface area contributed by atoms with Gasteiger partial charge in [-0.05, 0) is 37.9 Å². The van der Waals surface area contributed by atoms with E-state index in [2.05, 4.69) is 40.5 Å². The number of hydrogen-bond acceptors (Lipinski definition) is 2.